The number of ether oxygens (including phenoxy) is 1. The molecule has 1 N–H and O–H groups in total. The lowest BCUT2D eigenvalue weighted by Gasteiger charge is -2.39. The largest absolute Gasteiger partial charge is 0.496 e. The second-order valence-corrected chi connectivity index (χ2v) is 7.01. The second kappa shape index (κ2) is 6.23. The molecule has 4 rings (SSSR count). The number of allylic oxidation sites excluding steroid dienone is 2. The minimum atomic E-state index is -4.42. The van der Waals surface area contributed by atoms with E-state index in [4.69, 9.17) is 16.3 Å². The smallest absolute Gasteiger partial charge is 0.416 e. The molecule has 136 valence electrons. The van der Waals surface area contributed by atoms with Gasteiger partial charge in [-0.3, -0.25) is 0 Å². The molecule has 2 aromatic rings. The van der Waals surface area contributed by atoms with Crippen LogP contribution in [-0.2, 0) is 6.18 Å². The molecular formula is C20H17ClF3NO. The number of methoxy groups -OCH3 is 1. The van der Waals surface area contributed by atoms with Gasteiger partial charge in [0.1, 0.15) is 5.75 Å². The highest BCUT2D eigenvalue weighted by Crippen LogP contribution is 2.55. The normalized spacial score (nSPS) is 24.0. The van der Waals surface area contributed by atoms with Gasteiger partial charge in [0.25, 0.3) is 0 Å². The summed E-state index contributed by atoms with van der Waals surface area (Å²) in [7, 11) is 1.59. The van der Waals surface area contributed by atoms with Crippen LogP contribution in [0.5, 0.6) is 5.75 Å². The Morgan fingerprint density at radius 3 is 2.65 bits per heavy atom. The number of rotatable bonds is 2. The number of nitrogens with one attached hydrogen (secondary N) is 1. The van der Waals surface area contributed by atoms with E-state index in [2.05, 4.69) is 5.32 Å². The number of fused-ring (bicyclic) bond motifs is 3. The van der Waals surface area contributed by atoms with Gasteiger partial charge in [-0.25, -0.2) is 0 Å². The second-order valence-electron chi connectivity index (χ2n) is 6.60. The minimum absolute atomic E-state index is 0.0293. The van der Waals surface area contributed by atoms with E-state index in [0.29, 0.717) is 22.9 Å². The van der Waals surface area contributed by atoms with Gasteiger partial charge in [0, 0.05) is 11.5 Å². The first-order chi connectivity index (χ1) is 12.4. The van der Waals surface area contributed by atoms with Crippen molar-refractivity contribution in [1.82, 2.24) is 0 Å². The zero-order chi connectivity index (χ0) is 18.5. The summed E-state index contributed by atoms with van der Waals surface area (Å²) in [5.41, 5.74) is 0.914. The summed E-state index contributed by atoms with van der Waals surface area (Å²) in [6.45, 7) is 0. The van der Waals surface area contributed by atoms with Crippen molar-refractivity contribution in [2.75, 3.05) is 12.4 Å². The molecule has 0 aromatic heterocycles. The lowest BCUT2D eigenvalue weighted by molar-refractivity contribution is -0.138. The number of hydrogen-bond donors (Lipinski definition) is 1. The van der Waals surface area contributed by atoms with Crippen molar-refractivity contribution in [3.05, 3.63) is 70.3 Å². The number of alkyl halides is 3. The highest BCUT2D eigenvalue weighted by atomic mass is 35.5. The molecule has 26 heavy (non-hydrogen) atoms. The maximum Gasteiger partial charge on any atom is 0.416 e. The molecule has 3 unspecified atom stereocenters. The van der Waals surface area contributed by atoms with E-state index in [1.54, 1.807) is 7.11 Å². The van der Waals surface area contributed by atoms with E-state index >= 15 is 0 Å². The van der Waals surface area contributed by atoms with Crippen LogP contribution in [0.15, 0.2) is 48.6 Å². The Labute approximate surface area is 154 Å². The predicted molar refractivity (Wildman–Crippen MR) is 95.8 cm³/mol. The number of benzene rings is 2. The Balaban J connectivity index is 1.89. The third-order valence-electron chi connectivity index (χ3n) is 5.25. The third-order valence-corrected chi connectivity index (χ3v) is 5.56. The molecule has 0 amide bonds. The third kappa shape index (κ3) is 2.65. The molecule has 1 aliphatic heterocycles. The Kier molecular flexibility index (Phi) is 4.14. The van der Waals surface area contributed by atoms with E-state index in [9.17, 15) is 13.2 Å². The summed E-state index contributed by atoms with van der Waals surface area (Å²) < 4.78 is 46.2. The first-order valence-electron chi connectivity index (χ1n) is 8.37. The SMILES string of the molecule is COc1ccccc1C1Nc2c(Cl)ccc(C(F)(F)F)c2C2C=CCC21. The highest BCUT2D eigenvalue weighted by Gasteiger charge is 2.45. The molecule has 2 aromatic carbocycles. The Morgan fingerprint density at radius 2 is 1.92 bits per heavy atom. The molecule has 0 saturated carbocycles. The first-order valence-corrected chi connectivity index (χ1v) is 8.75. The van der Waals surface area contributed by atoms with Crippen molar-refractivity contribution in [2.45, 2.75) is 24.6 Å². The molecule has 0 saturated heterocycles. The molecule has 0 radical (unpaired) electrons. The standard InChI is InChI=1S/C20H17ClF3NO/c1-26-16-8-3-2-5-13(16)18-12-7-4-6-11(12)17-14(20(22,23)24)9-10-15(21)19(17)25-18/h2-6,8-12,18,25H,7H2,1H3. The van der Waals surface area contributed by atoms with Gasteiger partial charge in [-0.15, -0.1) is 0 Å². The van der Waals surface area contributed by atoms with Crippen LogP contribution >= 0.6 is 11.6 Å². The fourth-order valence-corrected chi connectivity index (χ4v) is 4.37. The van der Waals surface area contributed by atoms with Gasteiger partial charge < -0.3 is 10.1 Å². The van der Waals surface area contributed by atoms with Crippen molar-refractivity contribution in [1.29, 1.82) is 0 Å². The minimum Gasteiger partial charge on any atom is -0.496 e. The van der Waals surface area contributed by atoms with Crippen LogP contribution in [0.4, 0.5) is 18.9 Å². The lowest BCUT2D eigenvalue weighted by Crippen LogP contribution is -2.31. The zero-order valence-corrected chi connectivity index (χ0v) is 14.7. The maximum atomic E-state index is 13.6. The predicted octanol–water partition coefficient (Wildman–Crippen LogP) is 6.19. The average Bonchev–Trinajstić information content (AvgIpc) is 3.10. The molecular weight excluding hydrogens is 363 g/mol. The number of halogens is 4. The van der Waals surface area contributed by atoms with Crippen molar-refractivity contribution < 1.29 is 17.9 Å². The fourth-order valence-electron chi connectivity index (χ4n) is 4.15. The quantitative estimate of drug-likeness (QED) is 0.628. The van der Waals surface area contributed by atoms with E-state index in [0.717, 1.165) is 11.6 Å². The highest BCUT2D eigenvalue weighted by molar-refractivity contribution is 6.33. The molecule has 0 fully saturated rings. The van der Waals surface area contributed by atoms with Gasteiger partial charge in [0.2, 0.25) is 0 Å². The van der Waals surface area contributed by atoms with Crippen LogP contribution in [-0.4, -0.2) is 7.11 Å². The van der Waals surface area contributed by atoms with Crippen molar-refractivity contribution in [3.8, 4) is 5.75 Å². The van der Waals surface area contributed by atoms with Gasteiger partial charge in [-0.2, -0.15) is 13.2 Å². The van der Waals surface area contributed by atoms with Crippen LogP contribution in [0.3, 0.4) is 0 Å². The molecule has 1 heterocycles. The molecule has 1 aliphatic carbocycles. The Hall–Kier alpha value is -2.14. The maximum absolute atomic E-state index is 13.6. The van der Waals surface area contributed by atoms with Gasteiger partial charge in [-0.1, -0.05) is 42.0 Å². The van der Waals surface area contributed by atoms with Crippen molar-refractivity contribution >= 4 is 17.3 Å². The first kappa shape index (κ1) is 17.3. The van der Waals surface area contributed by atoms with Crippen LogP contribution in [0.1, 0.15) is 35.1 Å². The molecule has 0 bridgehead atoms. The number of anilines is 1. The van der Waals surface area contributed by atoms with E-state index in [-0.39, 0.29) is 23.4 Å². The Bertz CT molecular complexity index is 878. The van der Waals surface area contributed by atoms with Crippen LogP contribution < -0.4 is 10.1 Å². The van der Waals surface area contributed by atoms with Crippen LogP contribution in [0.2, 0.25) is 5.02 Å². The van der Waals surface area contributed by atoms with E-state index < -0.39 is 11.7 Å². The topological polar surface area (TPSA) is 21.3 Å². The number of hydrogen-bond acceptors (Lipinski definition) is 2. The molecule has 3 atom stereocenters. The average molecular weight is 380 g/mol. The summed E-state index contributed by atoms with van der Waals surface area (Å²) in [6, 6.07) is 9.79. The van der Waals surface area contributed by atoms with Gasteiger partial charge >= 0.3 is 6.18 Å². The summed E-state index contributed by atoms with van der Waals surface area (Å²) in [5, 5.41) is 3.59. The van der Waals surface area contributed by atoms with Crippen LogP contribution in [0, 0.1) is 5.92 Å². The van der Waals surface area contributed by atoms with E-state index in [1.165, 1.54) is 6.07 Å². The summed E-state index contributed by atoms with van der Waals surface area (Å²) in [4.78, 5) is 0. The van der Waals surface area contributed by atoms with Gasteiger partial charge in [0.05, 0.1) is 29.4 Å². The van der Waals surface area contributed by atoms with E-state index in [1.807, 2.05) is 36.4 Å². The number of para-hydroxylation sites is 1. The zero-order valence-electron chi connectivity index (χ0n) is 14.0. The fraction of sp³-hybridized carbons (Fsp3) is 0.300. The summed E-state index contributed by atoms with van der Waals surface area (Å²) >= 11 is 6.30. The van der Waals surface area contributed by atoms with Crippen molar-refractivity contribution in [3.63, 3.8) is 0 Å². The lowest BCUT2D eigenvalue weighted by atomic mass is 9.75. The Morgan fingerprint density at radius 1 is 1.15 bits per heavy atom. The van der Waals surface area contributed by atoms with Crippen molar-refractivity contribution in [2.24, 2.45) is 5.92 Å². The molecule has 6 heteroatoms. The van der Waals surface area contributed by atoms with Crippen LogP contribution in [0.25, 0.3) is 0 Å². The monoisotopic (exact) mass is 379 g/mol. The summed E-state index contributed by atoms with van der Waals surface area (Å²) in [5.74, 6) is 0.344. The molecule has 2 aliphatic rings. The van der Waals surface area contributed by atoms with Gasteiger partial charge in [-0.05, 0) is 36.1 Å². The molecule has 0 spiro atoms. The summed E-state index contributed by atoms with van der Waals surface area (Å²) in [6.07, 6.45) is 0.103. The molecule has 2 nitrogen and oxygen atoms in total. The van der Waals surface area contributed by atoms with Gasteiger partial charge in [0.15, 0.2) is 0 Å².